The molecule has 0 unspecified atom stereocenters. The number of aliphatic hydroxyl groups is 1. The van der Waals surface area contributed by atoms with Crippen LogP contribution in [-0.4, -0.2) is 25.7 Å². The van der Waals surface area contributed by atoms with Crippen molar-refractivity contribution in [1.29, 1.82) is 0 Å². The lowest BCUT2D eigenvalue weighted by atomic mass is 10.0. The van der Waals surface area contributed by atoms with Crippen LogP contribution in [0.5, 0.6) is 0 Å². The molecule has 2 aromatic heterocycles. The van der Waals surface area contributed by atoms with Gasteiger partial charge in [-0.2, -0.15) is 0 Å². The SMILES string of the molecule is CC(C)(O)C#Cc1ccc2[nH]c3c(c2c1)-c1nc(N)ncc1CCC3. The summed E-state index contributed by atoms with van der Waals surface area (Å²) in [6, 6.07) is 6.05. The summed E-state index contributed by atoms with van der Waals surface area (Å²) in [4.78, 5) is 12.2. The number of aromatic amines is 1. The van der Waals surface area contributed by atoms with Crippen LogP contribution in [0.25, 0.3) is 22.2 Å². The largest absolute Gasteiger partial charge is 0.378 e. The zero-order chi connectivity index (χ0) is 17.6. The number of aromatic nitrogens is 3. The summed E-state index contributed by atoms with van der Waals surface area (Å²) in [5, 5.41) is 10.9. The van der Waals surface area contributed by atoms with Crippen molar-refractivity contribution in [3.63, 3.8) is 0 Å². The van der Waals surface area contributed by atoms with Gasteiger partial charge in [0.1, 0.15) is 5.60 Å². The van der Waals surface area contributed by atoms with Gasteiger partial charge in [0.2, 0.25) is 5.95 Å². The fraction of sp³-hybridized carbons (Fsp3) is 0.300. The van der Waals surface area contributed by atoms with Gasteiger partial charge in [-0.25, -0.2) is 9.97 Å². The van der Waals surface area contributed by atoms with Crippen molar-refractivity contribution in [2.45, 2.75) is 38.7 Å². The fourth-order valence-electron chi connectivity index (χ4n) is 3.28. The zero-order valence-corrected chi connectivity index (χ0v) is 14.3. The number of rotatable bonds is 0. The Bertz CT molecular complexity index is 1030. The highest BCUT2D eigenvalue weighted by Crippen LogP contribution is 2.37. The number of nitrogens with one attached hydrogen (secondary N) is 1. The second kappa shape index (κ2) is 5.61. The van der Waals surface area contributed by atoms with Crippen molar-refractivity contribution in [1.82, 2.24) is 15.0 Å². The molecule has 0 spiro atoms. The Morgan fingerprint density at radius 3 is 2.92 bits per heavy atom. The van der Waals surface area contributed by atoms with E-state index in [1.54, 1.807) is 13.8 Å². The average molecular weight is 332 g/mol. The van der Waals surface area contributed by atoms with Gasteiger partial charge in [-0.15, -0.1) is 0 Å². The molecule has 0 bridgehead atoms. The molecule has 4 N–H and O–H groups in total. The van der Waals surface area contributed by atoms with Crippen LogP contribution in [0.4, 0.5) is 5.95 Å². The molecule has 0 saturated heterocycles. The minimum Gasteiger partial charge on any atom is -0.378 e. The maximum Gasteiger partial charge on any atom is 0.220 e. The number of fused-ring (bicyclic) bond motifs is 5. The summed E-state index contributed by atoms with van der Waals surface area (Å²) in [5.74, 6) is 6.21. The van der Waals surface area contributed by atoms with E-state index < -0.39 is 5.60 Å². The Hall–Kier alpha value is -2.84. The molecule has 2 heterocycles. The van der Waals surface area contributed by atoms with Gasteiger partial charge < -0.3 is 15.8 Å². The highest BCUT2D eigenvalue weighted by atomic mass is 16.3. The lowest BCUT2D eigenvalue weighted by Gasteiger charge is -2.07. The Kier molecular flexibility index (Phi) is 3.52. The van der Waals surface area contributed by atoms with Crippen LogP contribution < -0.4 is 5.73 Å². The predicted octanol–water partition coefficient (Wildman–Crippen LogP) is 2.82. The highest BCUT2D eigenvalue weighted by molar-refractivity contribution is 5.98. The van der Waals surface area contributed by atoms with Crippen molar-refractivity contribution in [2.75, 3.05) is 5.73 Å². The first kappa shape index (κ1) is 15.7. The number of aryl methyl sites for hydroxylation is 2. The first-order chi connectivity index (χ1) is 11.9. The van der Waals surface area contributed by atoms with Crippen LogP contribution in [0.1, 0.15) is 37.1 Å². The molecule has 3 aromatic rings. The zero-order valence-electron chi connectivity index (χ0n) is 14.3. The summed E-state index contributed by atoms with van der Waals surface area (Å²) in [5.41, 5.74) is 11.1. The molecule has 0 saturated carbocycles. The average Bonchev–Trinajstić information content (AvgIpc) is 2.81. The summed E-state index contributed by atoms with van der Waals surface area (Å²) in [7, 11) is 0. The van der Waals surface area contributed by atoms with Gasteiger partial charge in [-0.1, -0.05) is 11.8 Å². The number of H-pyrrole nitrogens is 1. The fourth-order valence-corrected chi connectivity index (χ4v) is 3.28. The Balaban J connectivity index is 1.95. The van der Waals surface area contributed by atoms with Crippen molar-refractivity contribution in [3.8, 4) is 23.1 Å². The van der Waals surface area contributed by atoms with Crippen LogP contribution in [0.15, 0.2) is 24.4 Å². The molecule has 0 aliphatic heterocycles. The van der Waals surface area contributed by atoms with Gasteiger partial charge in [0.05, 0.1) is 5.69 Å². The minimum atomic E-state index is -1.02. The summed E-state index contributed by atoms with van der Waals surface area (Å²) < 4.78 is 0. The van der Waals surface area contributed by atoms with Crippen LogP contribution in [0.3, 0.4) is 0 Å². The molecule has 0 radical (unpaired) electrons. The number of nitrogens with two attached hydrogens (primary N) is 1. The summed E-state index contributed by atoms with van der Waals surface area (Å²) in [6.07, 6.45) is 4.79. The summed E-state index contributed by atoms with van der Waals surface area (Å²) in [6.45, 7) is 3.35. The molecule has 25 heavy (non-hydrogen) atoms. The Morgan fingerprint density at radius 1 is 1.28 bits per heavy atom. The third kappa shape index (κ3) is 2.97. The second-order valence-electron chi connectivity index (χ2n) is 7.00. The number of hydrogen-bond acceptors (Lipinski definition) is 4. The van der Waals surface area contributed by atoms with Gasteiger partial charge in [-0.3, -0.25) is 0 Å². The molecule has 4 rings (SSSR count). The number of nitrogens with zero attached hydrogens (tertiary/aromatic N) is 2. The Morgan fingerprint density at radius 2 is 2.12 bits per heavy atom. The van der Waals surface area contributed by atoms with E-state index in [2.05, 4.69) is 32.9 Å². The quantitative estimate of drug-likeness (QED) is 0.552. The maximum absolute atomic E-state index is 9.83. The first-order valence-electron chi connectivity index (χ1n) is 8.43. The van der Waals surface area contributed by atoms with Gasteiger partial charge in [0.15, 0.2) is 0 Å². The molecule has 0 fully saturated rings. The van der Waals surface area contributed by atoms with E-state index in [1.165, 1.54) is 5.69 Å². The van der Waals surface area contributed by atoms with E-state index in [4.69, 9.17) is 5.73 Å². The van der Waals surface area contributed by atoms with E-state index in [-0.39, 0.29) is 0 Å². The molecule has 0 atom stereocenters. The lowest BCUT2D eigenvalue weighted by Crippen LogP contribution is -2.14. The maximum atomic E-state index is 9.83. The Labute approximate surface area is 146 Å². The van der Waals surface area contributed by atoms with Crippen molar-refractivity contribution >= 4 is 16.9 Å². The van der Waals surface area contributed by atoms with Crippen LogP contribution in [-0.2, 0) is 12.8 Å². The van der Waals surface area contributed by atoms with Crippen molar-refractivity contribution in [3.05, 3.63) is 41.2 Å². The summed E-state index contributed by atoms with van der Waals surface area (Å²) >= 11 is 0. The lowest BCUT2D eigenvalue weighted by molar-refractivity contribution is 0.143. The third-order valence-electron chi connectivity index (χ3n) is 4.38. The molecule has 0 amide bonds. The second-order valence-corrected chi connectivity index (χ2v) is 7.00. The number of hydrogen-bond donors (Lipinski definition) is 3. The monoisotopic (exact) mass is 332 g/mol. The molecule has 1 aromatic carbocycles. The molecule has 5 heteroatoms. The molecule has 1 aliphatic rings. The molecule has 126 valence electrons. The van der Waals surface area contributed by atoms with E-state index in [0.717, 1.165) is 52.5 Å². The normalized spacial score (nSPS) is 13.6. The van der Waals surface area contributed by atoms with E-state index >= 15 is 0 Å². The van der Waals surface area contributed by atoms with Gasteiger partial charge in [0, 0.05) is 33.9 Å². The molecular weight excluding hydrogens is 312 g/mol. The van der Waals surface area contributed by atoms with Crippen LogP contribution in [0.2, 0.25) is 0 Å². The van der Waals surface area contributed by atoms with Gasteiger partial charge in [0.25, 0.3) is 0 Å². The number of anilines is 1. The number of benzene rings is 1. The van der Waals surface area contributed by atoms with Crippen LogP contribution in [0, 0.1) is 11.8 Å². The highest BCUT2D eigenvalue weighted by Gasteiger charge is 2.21. The standard InChI is InChI=1S/C20H20N4O/c1-20(2,25)9-8-12-6-7-15-14(10-12)17-16(23-15)5-3-4-13-11-22-19(21)24-18(13)17/h6-7,10-11,23,25H,3-5H2,1-2H3,(H2,21,22,24). The van der Waals surface area contributed by atoms with Crippen LogP contribution >= 0.6 is 0 Å². The topological polar surface area (TPSA) is 87.8 Å². The minimum absolute atomic E-state index is 0.291. The van der Waals surface area contributed by atoms with E-state index in [0.29, 0.717) is 5.95 Å². The molecule has 5 nitrogen and oxygen atoms in total. The van der Waals surface area contributed by atoms with Crippen molar-refractivity contribution < 1.29 is 5.11 Å². The van der Waals surface area contributed by atoms with E-state index in [1.807, 2.05) is 18.3 Å². The molecular formula is C20H20N4O. The van der Waals surface area contributed by atoms with Crippen molar-refractivity contribution in [2.24, 2.45) is 0 Å². The van der Waals surface area contributed by atoms with Gasteiger partial charge in [-0.05, 0) is 56.9 Å². The first-order valence-corrected chi connectivity index (χ1v) is 8.43. The third-order valence-corrected chi connectivity index (χ3v) is 4.38. The van der Waals surface area contributed by atoms with Gasteiger partial charge >= 0.3 is 0 Å². The molecule has 1 aliphatic carbocycles. The predicted molar refractivity (Wildman–Crippen MR) is 98.9 cm³/mol. The number of nitrogen functional groups attached to an aromatic ring is 1. The smallest absolute Gasteiger partial charge is 0.220 e. The van der Waals surface area contributed by atoms with E-state index in [9.17, 15) is 5.11 Å².